The van der Waals surface area contributed by atoms with Gasteiger partial charge in [0, 0.05) is 55.5 Å². The SMILES string of the molecule is CC(=O)Nc1ccc(-c2cc(N(C)C)c3c(c2O)C(O)=C2C(=O)[C@]4(O)C(O)=C(C(N)=O)C(=O)[C@@H](N(C)C)[C@@H]4C[C@@H]2C3)cn1. The third-order valence-electron chi connectivity index (χ3n) is 8.56. The number of likely N-dealkylation sites (N-methyl/N-ethyl adjacent to an activating group) is 1. The molecule has 13 nitrogen and oxygen atoms in total. The van der Waals surface area contributed by atoms with Gasteiger partial charge in [-0.3, -0.25) is 24.1 Å². The molecule has 226 valence electrons. The van der Waals surface area contributed by atoms with Gasteiger partial charge < -0.3 is 36.4 Å². The highest BCUT2D eigenvalue weighted by atomic mass is 16.3. The number of benzene rings is 1. The third kappa shape index (κ3) is 4.34. The van der Waals surface area contributed by atoms with Gasteiger partial charge in [0.2, 0.25) is 11.7 Å². The van der Waals surface area contributed by atoms with E-state index in [-0.39, 0.29) is 41.2 Å². The van der Waals surface area contributed by atoms with Crippen LogP contribution in [0.5, 0.6) is 5.75 Å². The molecule has 13 heteroatoms. The van der Waals surface area contributed by atoms with Gasteiger partial charge in [-0.25, -0.2) is 4.98 Å². The lowest BCUT2D eigenvalue weighted by molar-refractivity contribution is -0.153. The predicted molar refractivity (Wildman–Crippen MR) is 156 cm³/mol. The topological polar surface area (TPSA) is 207 Å². The second kappa shape index (κ2) is 10.2. The van der Waals surface area contributed by atoms with Crippen LogP contribution in [-0.4, -0.2) is 93.5 Å². The van der Waals surface area contributed by atoms with Gasteiger partial charge in [-0.1, -0.05) is 0 Å². The molecule has 0 saturated heterocycles. The minimum atomic E-state index is -2.72. The maximum Gasteiger partial charge on any atom is 0.255 e. The first-order valence-corrected chi connectivity index (χ1v) is 13.6. The molecule has 1 aromatic carbocycles. The number of ketones is 2. The molecule has 1 saturated carbocycles. The number of anilines is 2. The minimum absolute atomic E-state index is 0.00429. The van der Waals surface area contributed by atoms with Crippen molar-refractivity contribution in [2.75, 3.05) is 38.4 Å². The van der Waals surface area contributed by atoms with Gasteiger partial charge in [0.25, 0.3) is 5.91 Å². The standard InChI is InChI=1S/C30H33N5O8/c1-12(36)33-19-7-6-13(11-32-19)15-10-18(34(2)3)16-8-14-9-17-23(35(4)5)26(39)22(29(31)42)28(41)30(17,43)27(40)20(14)25(38)21(16)24(15)37/h6-7,10-11,14,17,23,37-38,41,43H,8-9H2,1-5H3,(H2,31,42)(H,32,33,36)/t14-,17-,23-,30-/m0/s1. The lowest BCUT2D eigenvalue weighted by Crippen LogP contribution is -2.65. The molecule has 2 amide bonds. The van der Waals surface area contributed by atoms with Gasteiger partial charge in [-0.15, -0.1) is 0 Å². The zero-order valence-electron chi connectivity index (χ0n) is 24.3. The Bertz CT molecular complexity index is 1660. The summed E-state index contributed by atoms with van der Waals surface area (Å²) in [5.74, 6) is -7.09. The Balaban J connectivity index is 1.72. The predicted octanol–water partition coefficient (Wildman–Crippen LogP) is 1.05. The summed E-state index contributed by atoms with van der Waals surface area (Å²) in [6.45, 7) is 1.35. The van der Waals surface area contributed by atoms with Crippen molar-refractivity contribution in [1.29, 1.82) is 0 Å². The van der Waals surface area contributed by atoms with Crippen LogP contribution < -0.4 is 16.0 Å². The molecule has 7 N–H and O–H groups in total. The molecule has 0 spiro atoms. The van der Waals surface area contributed by atoms with Crippen molar-refractivity contribution >= 4 is 40.6 Å². The fourth-order valence-corrected chi connectivity index (χ4v) is 6.72. The average molecular weight is 592 g/mol. The fraction of sp³-hybridized carbons (Fsp3) is 0.367. The summed E-state index contributed by atoms with van der Waals surface area (Å²) in [5.41, 5.74) is 3.46. The number of amides is 2. The number of nitrogens with two attached hydrogens (primary N) is 1. The van der Waals surface area contributed by atoms with E-state index in [0.717, 1.165) is 0 Å². The van der Waals surface area contributed by atoms with Gasteiger partial charge in [-0.2, -0.15) is 0 Å². The number of aromatic hydroxyl groups is 1. The van der Waals surface area contributed by atoms with Crippen molar-refractivity contribution in [3.8, 4) is 16.9 Å². The van der Waals surface area contributed by atoms with Crippen molar-refractivity contribution in [3.05, 3.63) is 52.4 Å². The molecule has 0 bridgehead atoms. The van der Waals surface area contributed by atoms with Gasteiger partial charge >= 0.3 is 0 Å². The van der Waals surface area contributed by atoms with Gasteiger partial charge in [0.1, 0.15) is 28.7 Å². The number of pyridine rings is 1. The van der Waals surface area contributed by atoms with Crippen LogP contribution in [0.15, 0.2) is 41.3 Å². The highest BCUT2D eigenvalue weighted by molar-refractivity contribution is 6.24. The van der Waals surface area contributed by atoms with Gasteiger partial charge in [0.15, 0.2) is 11.4 Å². The number of primary amides is 1. The molecule has 43 heavy (non-hydrogen) atoms. The number of nitrogens with one attached hydrogen (secondary N) is 1. The number of rotatable bonds is 5. The number of phenols is 1. The molecule has 5 rings (SSSR count). The summed E-state index contributed by atoms with van der Waals surface area (Å²) in [6, 6.07) is 3.75. The minimum Gasteiger partial charge on any atom is -0.508 e. The highest BCUT2D eigenvalue weighted by Crippen LogP contribution is 2.54. The van der Waals surface area contributed by atoms with E-state index in [1.165, 1.54) is 18.0 Å². The molecular formula is C30H33N5O8. The van der Waals surface area contributed by atoms with E-state index in [0.29, 0.717) is 22.6 Å². The maximum absolute atomic E-state index is 14.1. The smallest absolute Gasteiger partial charge is 0.255 e. The summed E-state index contributed by atoms with van der Waals surface area (Å²) < 4.78 is 0. The van der Waals surface area contributed by atoms with Crippen LogP contribution in [0.4, 0.5) is 11.5 Å². The molecule has 3 aliphatic rings. The molecular weight excluding hydrogens is 558 g/mol. The van der Waals surface area contributed by atoms with E-state index >= 15 is 0 Å². The Hall–Kier alpha value is -4.75. The Labute approximate surface area is 246 Å². The quantitative estimate of drug-likeness (QED) is 0.271. The zero-order valence-corrected chi connectivity index (χ0v) is 24.3. The van der Waals surface area contributed by atoms with Crippen molar-refractivity contribution in [2.45, 2.75) is 31.4 Å². The number of fused-ring (bicyclic) bond motifs is 3. The maximum atomic E-state index is 14.1. The molecule has 0 radical (unpaired) electrons. The number of aromatic nitrogens is 1. The van der Waals surface area contributed by atoms with E-state index in [4.69, 9.17) is 5.73 Å². The Morgan fingerprint density at radius 3 is 2.33 bits per heavy atom. The van der Waals surface area contributed by atoms with Crippen LogP contribution >= 0.6 is 0 Å². The second-order valence-corrected chi connectivity index (χ2v) is 11.6. The molecule has 1 heterocycles. The summed E-state index contributed by atoms with van der Waals surface area (Å²) in [6.07, 6.45) is 1.60. The van der Waals surface area contributed by atoms with Crippen LogP contribution in [0.2, 0.25) is 0 Å². The summed E-state index contributed by atoms with van der Waals surface area (Å²) >= 11 is 0. The molecule has 1 aromatic heterocycles. The van der Waals surface area contributed by atoms with Crippen molar-refractivity contribution in [1.82, 2.24) is 9.88 Å². The van der Waals surface area contributed by atoms with Gasteiger partial charge in [0.05, 0.1) is 11.6 Å². The van der Waals surface area contributed by atoms with Crippen LogP contribution in [0, 0.1) is 11.8 Å². The van der Waals surface area contributed by atoms with E-state index in [2.05, 4.69) is 10.3 Å². The number of carbonyl (C=O) groups is 4. The third-order valence-corrected chi connectivity index (χ3v) is 8.56. The first-order valence-electron chi connectivity index (χ1n) is 13.6. The monoisotopic (exact) mass is 591 g/mol. The van der Waals surface area contributed by atoms with Crippen LogP contribution in [0.3, 0.4) is 0 Å². The Morgan fingerprint density at radius 2 is 1.79 bits per heavy atom. The largest absolute Gasteiger partial charge is 0.508 e. The zero-order chi connectivity index (χ0) is 31.7. The molecule has 2 aromatic rings. The highest BCUT2D eigenvalue weighted by Gasteiger charge is 2.64. The first kappa shape index (κ1) is 29.7. The van der Waals surface area contributed by atoms with Crippen molar-refractivity contribution in [2.24, 2.45) is 17.6 Å². The van der Waals surface area contributed by atoms with E-state index in [1.54, 1.807) is 51.3 Å². The van der Waals surface area contributed by atoms with E-state index < -0.39 is 58.0 Å². The summed E-state index contributed by atoms with van der Waals surface area (Å²) in [5, 5.41) is 48.6. The Kier molecular flexibility index (Phi) is 7.06. The number of phenolic OH excluding ortho intramolecular Hbond substituents is 1. The number of carbonyl (C=O) groups excluding carboxylic acids is 4. The molecule has 0 aliphatic heterocycles. The molecule has 4 atom stereocenters. The average Bonchev–Trinajstić information content (AvgIpc) is 2.90. The number of aliphatic hydroxyl groups excluding tert-OH is 2. The van der Waals surface area contributed by atoms with Crippen LogP contribution in [-0.2, 0) is 25.6 Å². The number of hydrogen-bond donors (Lipinski definition) is 6. The molecule has 1 fully saturated rings. The molecule has 3 aliphatic carbocycles. The molecule has 0 unspecified atom stereocenters. The van der Waals surface area contributed by atoms with Crippen molar-refractivity contribution in [3.63, 3.8) is 0 Å². The van der Waals surface area contributed by atoms with Crippen molar-refractivity contribution < 1.29 is 39.6 Å². The van der Waals surface area contributed by atoms with Gasteiger partial charge in [-0.05, 0) is 56.6 Å². The van der Waals surface area contributed by atoms with Crippen LogP contribution in [0.1, 0.15) is 24.5 Å². The number of nitrogens with zero attached hydrogens (tertiary/aromatic N) is 3. The number of aliphatic hydroxyl groups is 3. The number of Topliss-reactive ketones (excluding diaryl/α,β-unsaturated/α-hetero) is 2. The Morgan fingerprint density at radius 1 is 1.12 bits per heavy atom. The van der Waals surface area contributed by atoms with E-state index in [9.17, 15) is 39.6 Å². The lowest BCUT2D eigenvalue weighted by atomic mass is 9.57. The lowest BCUT2D eigenvalue weighted by Gasteiger charge is -2.50. The van der Waals surface area contributed by atoms with E-state index in [1.807, 2.05) is 0 Å². The normalized spacial score (nSPS) is 24.9. The second-order valence-electron chi connectivity index (χ2n) is 11.6. The summed E-state index contributed by atoms with van der Waals surface area (Å²) in [4.78, 5) is 58.4. The first-order chi connectivity index (χ1) is 20.1. The fourth-order valence-electron chi connectivity index (χ4n) is 6.72. The van der Waals surface area contributed by atoms with Crippen LogP contribution in [0.25, 0.3) is 16.9 Å². The summed E-state index contributed by atoms with van der Waals surface area (Å²) in [7, 11) is 6.67. The number of hydrogen-bond acceptors (Lipinski definition) is 11.